The molecule has 1 amide bonds. The number of likely N-dealkylation sites (N-methyl/N-ethyl adjacent to an activating group) is 1. The van der Waals surface area contributed by atoms with Crippen molar-refractivity contribution >= 4 is 15.9 Å². The van der Waals surface area contributed by atoms with Crippen molar-refractivity contribution in [2.24, 2.45) is 0 Å². The van der Waals surface area contributed by atoms with Gasteiger partial charge in [0.1, 0.15) is 0 Å². The molecule has 0 saturated carbocycles. The maximum Gasteiger partial charge on any atom is 0.243 e. The van der Waals surface area contributed by atoms with Gasteiger partial charge in [0.05, 0.1) is 4.90 Å². The molecule has 1 atom stereocenters. The Bertz CT molecular complexity index is 681. The molecule has 7 heteroatoms. The quantitative estimate of drug-likeness (QED) is 0.672. The highest BCUT2D eigenvalue weighted by atomic mass is 32.2. The third-order valence-corrected chi connectivity index (χ3v) is 6.84. The number of nitrogens with zero attached hydrogens (tertiary/aromatic N) is 1. The molecule has 2 N–H and O–H groups in total. The van der Waals surface area contributed by atoms with E-state index in [-0.39, 0.29) is 11.9 Å². The monoisotopic (exact) mass is 395 g/mol. The fourth-order valence-corrected chi connectivity index (χ4v) is 4.81. The standard InChI is InChI=1S/C20H33N3O3S/c1-3-21-17(2)16-22-20(24)13-10-18-8-11-19(12-9-18)27(25,26)23-14-6-4-5-7-15-23/h8-9,11-12,17,21H,3-7,10,13-16H2,1-2H3,(H,22,24)/t17-/m1/s1. The first-order chi connectivity index (χ1) is 12.9. The lowest BCUT2D eigenvalue weighted by atomic mass is 10.1. The van der Waals surface area contributed by atoms with Crippen LogP contribution in [0.3, 0.4) is 0 Å². The summed E-state index contributed by atoms with van der Waals surface area (Å²) in [4.78, 5) is 12.3. The molecule has 0 unspecified atom stereocenters. The Morgan fingerprint density at radius 1 is 1.11 bits per heavy atom. The van der Waals surface area contributed by atoms with E-state index in [0.717, 1.165) is 37.8 Å². The van der Waals surface area contributed by atoms with Crippen molar-refractivity contribution in [3.63, 3.8) is 0 Å². The first kappa shape index (κ1) is 21.9. The predicted molar refractivity (Wildman–Crippen MR) is 108 cm³/mol. The molecule has 6 nitrogen and oxygen atoms in total. The Balaban J connectivity index is 1.86. The Morgan fingerprint density at radius 3 is 2.33 bits per heavy atom. The van der Waals surface area contributed by atoms with Crippen LogP contribution in [0, 0.1) is 0 Å². The van der Waals surface area contributed by atoms with E-state index in [2.05, 4.69) is 10.6 Å². The second-order valence-electron chi connectivity index (χ2n) is 7.23. The maximum absolute atomic E-state index is 12.8. The molecule has 152 valence electrons. The van der Waals surface area contributed by atoms with Crippen molar-refractivity contribution in [3.05, 3.63) is 29.8 Å². The summed E-state index contributed by atoms with van der Waals surface area (Å²) in [7, 11) is -3.41. The summed E-state index contributed by atoms with van der Waals surface area (Å²) in [6.45, 7) is 6.77. The van der Waals surface area contributed by atoms with Crippen molar-refractivity contribution in [2.75, 3.05) is 26.2 Å². The molecule has 1 aromatic rings. The van der Waals surface area contributed by atoms with Crippen LogP contribution in [0.2, 0.25) is 0 Å². The van der Waals surface area contributed by atoms with Crippen LogP contribution in [0.4, 0.5) is 0 Å². The Morgan fingerprint density at radius 2 is 1.74 bits per heavy atom. The van der Waals surface area contributed by atoms with Crippen molar-refractivity contribution in [2.45, 2.75) is 63.3 Å². The SMILES string of the molecule is CCN[C@H](C)CNC(=O)CCc1ccc(S(=O)(=O)N2CCCCCC2)cc1. The Kier molecular flexibility index (Phi) is 8.73. The summed E-state index contributed by atoms with van der Waals surface area (Å²) in [5.74, 6) is 0.0148. The fraction of sp³-hybridized carbons (Fsp3) is 0.650. The van der Waals surface area contributed by atoms with Crippen molar-refractivity contribution < 1.29 is 13.2 Å². The highest BCUT2D eigenvalue weighted by molar-refractivity contribution is 7.89. The molecule has 2 rings (SSSR count). The first-order valence-corrected chi connectivity index (χ1v) is 11.5. The first-order valence-electron chi connectivity index (χ1n) is 10.0. The van der Waals surface area contributed by atoms with E-state index in [0.29, 0.717) is 37.4 Å². The molecule has 1 aliphatic rings. The van der Waals surface area contributed by atoms with E-state index in [1.165, 1.54) is 0 Å². The average molecular weight is 396 g/mol. The molecule has 0 spiro atoms. The van der Waals surface area contributed by atoms with Gasteiger partial charge < -0.3 is 10.6 Å². The van der Waals surface area contributed by atoms with Crippen LogP contribution in [0.5, 0.6) is 0 Å². The molecule has 1 aromatic carbocycles. The number of nitrogens with one attached hydrogen (secondary N) is 2. The van der Waals surface area contributed by atoms with Gasteiger partial charge in [0.25, 0.3) is 0 Å². The Hall–Kier alpha value is -1.44. The Labute approximate surface area is 163 Å². The molecule has 0 radical (unpaired) electrons. The zero-order valence-corrected chi connectivity index (χ0v) is 17.4. The number of carbonyl (C=O) groups excluding carboxylic acids is 1. The third kappa shape index (κ3) is 6.90. The zero-order valence-electron chi connectivity index (χ0n) is 16.5. The minimum absolute atomic E-state index is 0.0148. The van der Waals surface area contributed by atoms with Crippen LogP contribution < -0.4 is 10.6 Å². The second-order valence-corrected chi connectivity index (χ2v) is 9.16. The van der Waals surface area contributed by atoms with E-state index < -0.39 is 10.0 Å². The van der Waals surface area contributed by atoms with Gasteiger partial charge in [0.2, 0.25) is 15.9 Å². The number of amides is 1. The number of aryl methyl sites for hydroxylation is 1. The number of sulfonamides is 1. The minimum Gasteiger partial charge on any atom is -0.355 e. The van der Waals surface area contributed by atoms with Gasteiger partial charge in [-0.15, -0.1) is 0 Å². The predicted octanol–water partition coefficient (Wildman–Crippen LogP) is 2.30. The lowest BCUT2D eigenvalue weighted by Crippen LogP contribution is -2.38. The molecule has 0 bridgehead atoms. The molecule has 0 aromatic heterocycles. The summed E-state index contributed by atoms with van der Waals surface area (Å²) >= 11 is 0. The van der Waals surface area contributed by atoms with E-state index in [4.69, 9.17) is 0 Å². The zero-order chi connectivity index (χ0) is 19.7. The van der Waals surface area contributed by atoms with E-state index >= 15 is 0 Å². The van der Waals surface area contributed by atoms with Crippen LogP contribution in [-0.2, 0) is 21.2 Å². The lowest BCUT2D eigenvalue weighted by molar-refractivity contribution is -0.121. The van der Waals surface area contributed by atoms with Crippen molar-refractivity contribution in [1.29, 1.82) is 0 Å². The maximum atomic E-state index is 12.8. The molecular formula is C20H33N3O3S. The van der Waals surface area contributed by atoms with Gasteiger partial charge in [0, 0.05) is 32.1 Å². The van der Waals surface area contributed by atoms with Gasteiger partial charge in [-0.1, -0.05) is 31.9 Å². The van der Waals surface area contributed by atoms with E-state index in [1.54, 1.807) is 16.4 Å². The normalized spacial score (nSPS) is 17.3. The summed E-state index contributed by atoms with van der Waals surface area (Å²) in [6.07, 6.45) is 5.06. The topological polar surface area (TPSA) is 78.5 Å². The van der Waals surface area contributed by atoms with Gasteiger partial charge in [-0.05, 0) is 50.4 Å². The van der Waals surface area contributed by atoms with Crippen LogP contribution in [0.15, 0.2) is 29.2 Å². The highest BCUT2D eigenvalue weighted by Gasteiger charge is 2.24. The fourth-order valence-electron chi connectivity index (χ4n) is 3.29. The summed E-state index contributed by atoms with van der Waals surface area (Å²) in [5.41, 5.74) is 0.972. The largest absolute Gasteiger partial charge is 0.355 e. The van der Waals surface area contributed by atoms with Crippen LogP contribution >= 0.6 is 0 Å². The van der Waals surface area contributed by atoms with Gasteiger partial charge in [0.15, 0.2) is 0 Å². The summed E-state index contributed by atoms with van der Waals surface area (Å²) in [5, 5.41) is 6.17. The second kappa shape index (κ2) is 10.8. The summed E-state index contributed by atoms with van der Waals surface area (Å²) < 4.78 is 27.2. The van der Waals surface area contributed by atoms with E-state index in [1.807, 2.05) is 26.0 Å². The molecular weight excluding hydrogens is 362 g/mol. The number of hydrogen-bond donors (Lipinski definition) is 2. The summed E-state index contributed by atoms with van der Waals surface area (Å²) in [6, 6.07) is 7.22. The van der Waals surface area contributed by atoms with Crippen LogP contribution in [-0.4, -0.2) is 50.9 Å². The smallest absolute Gasteiger partial charge is 0.243 e. The average Bonchev–Trinajstić information content (AvgIpc) is 2.95. The third-order valence-electron chi connectivity index (χ3n) is 4.92. The number of hydrogen-bond acceptors (Lipinski definition) is 4. The van der Waals surface area contributed by atoms with Gasteiger partial charge >= 0.3 is 0 Å². The van der Waals surface area contributed by atoms with Crippen LogP contribution in [0.1, 0.15) is 51.5 Å². The van der Waals surface area contributed by atoms with Gasteiger partial charge in [-0.25, -0.2) is 8.42 Å². The molecule has 1 saturated heterocycles. The molecule has 0 aliphatic carbocycles. The molecule has 1 aliphatic heterocycles. The van der Waals surface area contributed by atoms with Crippen molar-refractivity contribution in [3.8, 4) is 0 Å². The number of carbonyl (C=O) groups is 1. The highest BCUT2D eigenvalue weighted by Crippen LogP contribution is 2.21. The molecule has 1 heterocycles. The van der Waals surface area contributed by atoms with Crippen molar-refractivity contribution in [1.82, 2.24) is 14.9 Å². The van der Waals surface area contributed by atoms with E-state index in [9.17, 15) is 13.2 Å². The van der Waals surface area contributed by atoms with Gasteiger partial charge in [-0.3, -0.25) is 4.79 Å². The van der Waals surface area contributed by atoms with Gasteiger partial charge in [-0.2, -0.15) is 4.31 Å². The number of rotatable bonds is 9. The minimum atomic E-state index is -3.41. The number of benzene rings is 1. The molecule has 1 fully saturated rings. The molecule has 27 heavy (non-hydrogen) atoms. The lowest BCUT2D eigenvalue weighted by Gasteiger charge is -2.20. The van der Waals surface area contributed by atoms with Crippen LogP contribution in [0.25, 0.3) is 0 Å².